The molecule has 23 heavy (non-hydrogen) atoms. The molecule has 2 N–H and O–H groups in total. The lowest BCUT2D eigenvalue weighted by Crippen LogP contribution is -2.36. The van der Waals surface area contributed by atoms with Gasteiger partial charge in [-0.15, -0.1) is 0 Å². The summed E-state index contributed by atoms with van der Waals surface area (Å²) >= 11 is 0. The minimum atomic E-state index is 0.0862. The molecule has 122 valence electrons. The zero-order valence-electron chi connectivity index (χ0n) is 12.9. The van der Waals surface area contributed by atoms with Gasteiger partial charge in [0.15, 0.2) is 0 Å². The van der Waals surface area contributed by atoms with Gasteiger partial charge in [0.2, 0.25) is 5.91 Å². The first-order valence-electron chi connectivity index (χ1n) is 7.87. The molecule has 0 aromatic carbocycles. The van der Waals surface area contributed by atoms with Gasteiger partial charge >= 0.3 is 0 Å². The SMILES string of the molecule is O=C(NCCNc1cc(-n2cccc2)ncn1)C1CCOCC1. The fourth-order valence-corrected chi connectivity index (χ4v) is 2.55. The highest BCUT2D eigenvalue weighted by atomic mass is 16.5. The molecule has 2 aromatic rings. The van der Waals surface area contributed by atoms with Crippen LogP contribution in [0.25, 0.3) is 5.82 Å². The van der Waals surface area contributed by atoms with E-state index in [4.69, 9.17) is 4.74 Å². The van der Waals surface area contributed by atoms with Crippen LogP contribution < -0.4 is 10.6 Å². The number of amides is 1. The van der Waals surface area contributed by atoms with Gasteiger partial charge in [0.05, 0.1) is 0 Å². The lowest BCUT2D eigenvalue weighted by molar-refractivity contribution is -0.127. The quantitative estimate of drug-likeness (QED) is 0.784. The van der Waals surface area contributed by atoms with Crippen LogP contribution in [-0.4, -0.2) is 46.7 Å². The van der Waals surface area contributed by atoms with E-state index in [1.807, 2.05) is 35.2 Å². The minimum Gasteiger partial charge on any atom is -0.381 e. The Hall–Kier alpha value is -2.41. The summed E-state index contributed by atoms with van der Waals surface area (Å²) in [5.74, 6) is 1.75. The fourth-order valence-electron chi connectivity index (χ4n) is 2.55. The van der Waals surface area contributed by atoms with Gasteiger partial charge in [0.1, 0.15) is 18.0 Å². The second-order valence-electron chi connectivity index (χ2n) is 5.46. The summed E-state index contributed by atoms with van der Waals surface area (Å²) in [6, 6.07) is 5.77. The van der Waals surface area contributed by atoms with Crippen molar-refractivity contribution in [2.24, 2.45) is 5.92 Å². The number of rotatable bonds is 6. The van der Waals surface area contributed by atoms with E-state index in [1.54, 1.807) is 0 Å². The van der Waals surface area contributed by atoms with Gasteiger partial charge in [-0.2, -0.15) is 0 Å². The summed E-state index contributed by atoms with van der Waals surface area (Å²) in [6.45, 7) is 2.55. The number of hydrogen-bond donors (Lipinski definition) is 2. The molecule has 7 nitrogen and oxygen atoms in total. The third-order valence-electron chi connectivity index (χ3n) is 3.84. The monoisotopic (exact) mass is 315 g/mol. The standard InChI is InChI=1S/C16H21N5O2/c22-16(13-3-9-23-10-4-13)18-6-5-17-14-11-15(20-12-19-14)21-7-1-2-8-21/h1-2,7-8,11-13H,3-6,9-10H2,(H,18,22)(H,17,19,20). The van der Waals surface area contributed by atoms with Gasteiger partial charge in [-0.3, -0.25) is 4.79 Å². The summed E-state index contributed by atoms with van der Waals surface area (Å²) in [4.78, 5) is 20.4. The number of carbonyl (C=O) groups excluding carboxylic acids is 1. The smallest absolute Gasteiger partial charge is 0.223 e. The van der Waals surface area contributed by atoms with Crippen molar-refractivity contribution < 1.29 is 9.53 Å². The molecule has 0 saturated carbocycles. The van der Waals surface area contributed by atoms with Gasteiger partial charge in [-0.05, 0) is 25.0 Å². The van der Waals surface area contributed by atoms with Crippen molar-refractivity contribution in [1.29, 1.82) is 0 Å². The molecule has 1 fully saturated rings. The Labute approximate surface area is 135 Å². The molecule has 3 heterocycles. The summed E-state index contributed by atoms with van der Waals surface area (Å²) in [5.41, 5.74) is 0. The summed E-state index contributed by atoms with van der Waals surface area (Å²) in [6.07, 6.45) is 7.01. The first-order chi connectivity index (χ1) is 11.3. The molecule has 0 spiro atoms. The van der Waals surface area contributed by atoms with Crippen LogP contribution >= 0.6 is 0 Å². The average molecular weight is 315 g/mol. The van der Waals surface area contributed by atoms with Crippen LogP contribution in [0.5, 0.6) is 0 Å². The average Bonchev–Trinajstić information content (AvgIpc) is 3.14. The molecule has 0 radical (unpaired) electrons. The molecule has 0 unspecified atom stereocenters. The van der Waals surface area contributed by atoms with E-state index >= 15 is 0 Å². The largest absolute Gasteiger partial charge is 0.381 e. The predicted molar refractivity (Wildman–Crippen MR) is 86.4 cm³/mol. The van der Waals surface area contributed by atoms with Crippen LogP contribution in [0.15, 0.2) is 36.9 Å². The van der Waals surface area contributed by atoms with Crippen molar-refractivity contribution in [2.45, 2.75) is 12.8 Å². The maximum absolute atomic E-state index is 12.0. The van der Waals surface area contributed by atoms with Crippen LogP contribution in [-0.2, 0) is 9.53 Å². The van der Waals surface area contributed by atoms with E-state index in [-0.39, 0.29) is 11.8 Å². The third kappa shape index (κ3) is 4.29. The topological polar surface area (TPSA) is 81.1 Å². The molecule has 2 aromatic heterocycles. The Balaban J connectivity index is 1.44. The van der Waals surface area contributed by atoms with E-state index in [2.05, 4.69) is 20.6 Å². The normalized spacial score (nSPS) is 15.3. The van der Waals surface area contributed by atoms with Gasteiger partial charge in [0.25, 0.3) is 0 Å². The molecular formula is C16H21N5O2. The van der Waals surface area contributed by atoms with Crippen molar-refractivity contribution in [2.75, 3.05) is 31.6 Å². The Bertz CT molecular complexity index is 623. The molecule has 0 bridgehead atoms. The Morgan fingerprint density at radius 1 is 1.22 bits per heavy atom. The van der Waals surface area contributed by atoms with E-state index in [0.29, 0.717) is 26.3 Å². The van der Waals surface area contributed by atoms with Gasteiger partial charge in [0, 0.05) is 50.7 Å². The molecule has 1 aliphatic rings. The van der Waals surface area contributed by atoms with Crippen LogP contribution in [0.2, 0.25) is 0 Å². The maximum atomic E-state index is 12.0. The maximum Gasteiger partial charge on any atom is 0.223 e. The zero-order valence-corrected chi connectivity index (χ0v) is 12.9. The van der Waals surface area contributed by atoms with E-state index in [0.717, 1.165) is 24.5 Å². The summed E-state index contributed by atoms with van der Waals surface area (Å²) < 4.78 is 7.18. The molecule has 0 atom stereocenters. The molecule has 1 aliphatic heterocycles. The molecular weight excluding hydrogens is 294 g/mol. The minimum absolute atomic E-state index is 0.0862. The summed E-state index contributed by atoms with van der Waals surface area (Å²) in [7, 11) is 0. The lowest BCUT2D eigenvalue weighted by Gasteiger charge is -2.21. The van der Waals surface area contributed by atoms with Gasteiger partial charge in [-0.1, -0.05) is 0 Å². The highest BCUT2D eigenvalue weighted by molar-refractivity contribution is 5.78. The van der Waals surface area contributed by atoms with Crippen molar-refractivity contribution in [3.8, 4) is 5.82 Å². The van der Waals surface area contributed by atoms with Crippen molar-refractivity contribution in [3.63, 3.8) is 0 Å². The van der Waals surface area contributed by atoms with Crippen LogP contribution in [0.1, 0.15) is 12.8 Å². The number of anilines is 1. The molecule has 1 amide bonds. The van der Waals surface area contributed by atoms with Crippen molar-refractivity contribution >= 4 is 11.7 Å². The number of aromatic nitrogens is 3. The molecule has 3 rings (SSSR count). The van der Waals surface area contributed by atoms with E-state index in [1.165, 1.54) is 6.33 Å². The Morgan fingerprint density at radius 3 is 2.78 bits per heavy atom. The van der Waals surface area contributed by atoms with Crippen LogP contribution in [0.3, 0.4) is 0 Å². The lowest BCUT2D eigenvalue weighted by atomic mass is 9.99. The molecule has 0 aliphatic carbocycles. The van der Waals surface area contributed by atoms with Gasteiger partial charge in [-0.25, -0.2) is 9.97 Å². The number of nitrogens with zero attached hydrogens (tertiary/aromatic N) is 3. The van der Waals surface area contributed by atoms with Crippen molar-refractivity contribution in [3.05, 3.63) is 36.9 Å². The first-order valence-corrected chi connectivity index (χ1v) is 7.87. The molecule has 1 saturated heterocycles. The zero-order chi connectivity index (χ0) is 15.9. The Kier molecular flexibility index (Phi) is 5.21. The third-order valence-corrected chi connectivity index (χ3v) is 3.84. The first kappa shape index (κ1) is 15.5. The fraction of sp³-hybridized carbons (Fsp3) is 0.438. The van der Waals surface area contributed by atoms with Crippen LogP contribution in [0, 0.1) is 5.92 Å². The Morgan fingerprint density at radius 2 is 2.00 bits per heavy atom. The van der Waals surface area contributed by atoms with E-state index in [9.17, 15) is 4.79 Å². The number of hydrogen-bond acceptors (Lipinski definition) is 5. The van der Waals surface area contributed by atoms with Crippen LogP contribution in [0.4, 0.5) is 5.82 Å². The molecule has 7 heteroatoms. The second-order valence-corrected chi connectivity index (χ2v) is 5.46. The second kappa shape index (κ2) is 7.73. The summed E-state index contributed by atoms with van der Waals surface area (Å²) in [5, 5.41) is 6.16. The van der Waals surface area contributed by atoms with Crippen molar-refractivity contribution in [1.82, 2.24) is 19.9 Å². The van der Waals surface area contributed by atoms with E-state index < -0.39 is 0 Å². The van der Waals surface area contributed by atoms with Gasteiger partial charge < -0.3 is 19.9 Å². The number of nitrogens with one attached hydrogen (secondary N) is 2. The predicted octanol–water partition coefficient (Wildman–Crippen LogP) is 1.22. The number of ether oxygens (including phenoxy) is 1. The highest BCUT2D eigenvalue weighted by Gasteiger charge is 2.20. The number of carbonyl (C=O) groups is 1. The highest BCUT2D eigenvalue weighted by Crippen LogP contribution is 2.14.